The van der Waals surface area contributed by atoms with Gasteiger partial charge in [0.1, 0.15) is 0 Å². The summed E-state index contributed by atoms with van der Waals surface area (Å²) in [5.74, 6) is 0.876. The van der Waals surface area contributed by atoms with Gasteiger partial charge in [-0.2, -0.15) is 0 Å². The summed E-state index contributed by atoms with van der Waals surface area (Å²) in [7, 11) is -3.02. The Kier molecular flexibility index (Phi) is 5.07. The van der Waals surface area contributed by atoms with Crippen LogP contribution in [0.25, 0.3) is 0 Å². The molecular formula is C16H28N2O3S. The highest BCUT2D eigenvalue weighted by atomic mass is 32.2. The molecule has 1 aliphatic carbocycles. The topological polar surface area (TPSA) is 66.5 Å². The van der Waals surface area contributed by atoms with Gasteiger partial charge in [0.2, 0.25) is 5.91 Å². The lowest BCUT2D eigenvalue weighted by Crippen LogP contribution is -2.50. The minimum atomic E-state index is -3.02. The summed E-state index contributed by atoms with van der Waals surface area (Å²) in [6.45, 7) is 1.93. The zero-order valence-corrected chi connectivity index (χ0v) is 14.1. The standard InChI is InChI=1S/C16H28N2O3S/c19-16(10-13-6-2-1-3-7-13)17-14-11-22(20,21)12-15(14)18-8-4-5-9-18/h13-15H,1-12H2,(H,17,19)/t14-,15+/m0/s1. The normalized spacial score (nSPS) is 33.1. The Balaban J connectivity index is 1.57. The van der Waals surface area contributed by atoms with Crippen molar-refractivity contribution < 1.29 is 13.2 Å². The highest BCUT2D eigenvalue weighted by Gasteiger charge is 2.42. The summed E-state index contributed by atoms with van der Waals surface area (Å²) in [5.41, 5.74) is 0. The summed E-state index contributed by atoms with van der Waals surface area (Å²) < 4.78 is 24.0. The average molecular weight is 328 g/mol. The van der Waals surface area contributed by atoms with Crippen LogP contribution in [0.15, 0.2) is 0 Å². The molecule has 1 N–H and O–H groups in total. The van der Waals surface area contributed by atoms with Crippen molar-refractivity contribution in [2.45, 2.75) is 63.5 Å². The minimum absolute atomic E-state index is 0.0113. The van der Waals surface area contributed by atoms with Gasteiger partial charge >= 0.3 is 0 Å². The van der Waals surface area contributed by atoms with Crippen molar-refractivity contribution in [1.29, 1.82) is 0 Å². The number of nitrogens with one attached hydrogen (secondary N) is 1. The van der Waals surface area contributed by atoms with Crippen LogP contribution in [-0.2, 0) is 14.6 Å². The number of amides is 1. The summed E-state index contributed by atoms with van der Waals surface area (Å²) in [6, 6.07) is -0.220. The molecule has 2 heterocycles. The van der Waals surface area contributed by atoms with Gasteiger partial charge in [-0.15, -0.1) is 0 Å². The van der Waals surface area contributed by atoms with Crippen LogP contribution in [0, 0.1) is 5.92 Å². The molecule has 126 valence electrons. The van der Waals surface area contributed by atoms with E-state index in [0.29, 0.717) is 12.3 Å². The van der Waals surface area contributed by atoms with Crippen LogP contribution in [0.1, 0.15) is 51.4 Å². The number of hydrogen-bond acceptors (Lipinski definition) is 4. The number of likely N-dealkylation sites (tertiary alicyclic amines) is 1. The van der Waals surface area contributed by atoms with Crippen LogP contribution in [0.3, 0.4) is 0 Å². The molecule has 5 nitrogen and oxygen atoms in total. The second-order valence-electron chi connectivity index (χ2n) is 7.27. The van der Waals surface area contributed by atoms with Crippen LogP contribution in [0.5, 0.6) is 0 Å². The molecule has 0 bridgehead atoms. The molecule has 3 fully saturated rings. The number of carbonyl (C=O) groups is 1. The Morgan fingerprint density at radius 3 is 2.36 bits per heavy atom. The van der Waals surface area contributed by atoms with E-state index in [1.807, 2.05) is 0 Å². The molecule has 2 atom stereocenters. The first-order chi connectivity index (χ1) is 10.5. The lowest BCUT2D eigenvalue weighted by molar-refractivity contribution is -0.123. The van der Waals surface area contributed by atoms with E-state index in [1.54, 1.807) is 0 Å². The molecule has 0 spiro atoms. The molecule has 1 saturated carbocycles. The third-order valence-electron chi connectivity index (χ3n) is 5.48. The molecule has 22 heavy (non-hydrogen) atoms. The quantitative estimate of drug-likeness (QED) is 0.845. The maximum atomic E-state index is 12.3. The molecule has 2 aliphatic heterocycles. The van der Waals surface area contributed by atoms with E-state index in [0.717, 1.165) is 38.8 Å². The Hall–Kier alpha value is -0.620. The molecule has 0 aromatic carbocycles. The molecule has 0 radical (unpaired) electrons. The Labute approximate surface area is 133 Å². The average Bonchev–Trinajstić information content (AvgIpc) is 3.07. The van der Waals surface area contributed by atoms with Crippen molar-refractivity contribution >= 4 is 15.7 Å². The van der Waals surface area contributed by atoms with Crippen molar-refractivity contribution in [3.63, 3.8) is 0 Å². The van der Waals surface area contributed by atoms with E-state index in [1.165, 1.54) is 19.3 Å². The predicted octanol–water partition coefficient (Wildman–Crippen LogP) is 1.33. The highest BCUT2D eigenvalue weighted by Crippen LogP contribution is 2.27. The maximum absolute atomic E-state index is 12.3. The van der Waals surface area contributed by atoms with E-state index < -0.39 is 9.84 Å². The van der Waals surface area contributed by atoms with Gasteiger partial charge in [0.25, 0.3) is 0 Å². The summed E-state index contributed by atoms with van der Waals surface area (Å²) in [5, 5.41) is 3.05. The second-order valence-corrected chi connectivity index (χ2v) is 9.42. The predicted molar refractivity (Wildman–Crippen MR) is 86.4 cm³/mol. The van der Waals surface area contributed by atoms with Crippen molar-refractivity contribution in [2.75, 3.05) is 24.6 Å². The molecule has 0 unspecified atom stereocenters. The van der Waals surface area contributed by atoms with Crippen LogP contribution in [0.4, 0.5) is 0 Å². The van der Waals surface area contributed by atoms with Crippen molar-refractivity contribution in [3.8, 4) is 0 Å². The van der Waals surface area contributed by atoms with Gasteiger partial charge in [0.05, 0.1) is 17.5 Å². The molecule has 3 aliphatic rings. The van der Waals surface area contributed by atoms with Crippen LogP contribution < -0.4 is 5.32 Å². The van der Waals surface area contributed by atoms with E-state index in [-0.39, 0.29) is 29.5 Å². The zero-order chi connectivity index (χ0) is 15.6. The lowest BCUT2D eigenvalue weighted by atomic mass is 9.87. The number of carbonyl (C=O) groups excluding carboxylic acids is 1. The van der Waals surface area contributed by atoms with Crippen molar-refractivity contribution in [3.05, 3.63) is 0 Å². The monoisotopic (exact) mass is 328 g/mol. The summed E-state index contributed by atoms with van der Waals surface area (Å²) >= 11 is 0. The fourth-order valence-electron chi connectivity index (χ4n) is 4.32. The fourth-order valence-corrected chi connectivity index (χ4v) is 6.27. The Morgan fingerprint density at radius 2 is 1.68 bits per heavy atom. The summed E-state index contributed by atoms with van der Waals surface area (Å²) in [6.07, 6.45) is 8.88. The van der Waals surface area contributed by atoms with Crippen molar-refractivity contribution in [2.24, 2.45) is 5.92 Å². The van der Waals surface area contributed by atoms with Gasteiger partial charge < -0.3 is 5.32 Å². The number of sulfone groups is 1. The number of nitrogens with zero attached hydrogens (tertiary/aromatic N) is 1. The highest BCUT2D eigenvalue weighted by molar-refractivity contribution is 7.91. The molecule has 3 rings (SSSR count). The third-order valence-corrected chi connectivity index (χ3v) is 7.19. The maximum Gasteiger partial charge on any atom is 0.220 e. The second kappa shape index (κ2) is 6.87. The van der Waals surface area contributed by atoms with Crippen LogP contribution in [0.2, 0.25) is 0 Å². The van der Waals surface area contributed by atoms with Crippen molar-refractivity contribution in [1.82, 2.24) is 10.2 Å². The Bertz CT molecular complexity index is 494. The van der Waals surface area contributed by atoms with Gasteiger partial charge in [0.15, 0.2) is 9.84 Å². The van der Waals surface area contributed by atoms with E-state index in [2.05, 4.69) is 10.2 Å². The molecule has 1 amide bonds. The van der Waals surface area contributed by atoms with Gasteiger partial charge in [-0.05, 0) is 44.7 Å². The first-order valence-electron chi connectivity index (χ1n) is 8.77. The molecular weight excluding hydrogens is 300 g/mol. The molecule has 6 heteroatoms. The molecule has 0 aromatic heterocycles. The van der Waals surface area contributed by atoms with E-state index in [9.17, 15) is 13.2 Å². The smallest absolute Gasteiger partial charge is 0.220 e. The third kappa shape index (κ3) is 4.02. The van der Waals surface area contributed by atoms with Gasteiger partial charge in [-0.25, -0.2) is 8.42 Å². The number of rotatable bonds is 4. The first-order valence-corrected chi connectivity index (χ1v) is 10.6. The van der Waals surface area contributed by atoms with Crippen LogP contribution in [-0.4, -0.2) is 55.9 Å². The lowest BCUT2D eigenvalue weighted by Gasteiger charge is -2.29. The van der Waals surface area contributed by atoms with Gasteiger partial charge in [-0.3, -0.25) is 9.69 Å². The van der Waals surface area contributed by atoms with Gasteiger partial charge in [0, 0.05) is 12.5 Å². The zero-order valence-electron chi connectivity index (χ0n) is 13.3. The molecule has 2 saturated heterocycles. The van der Waals surface area contributed by atoms with Crippen LogP contribution >= 0.6 is 0 Å². The number of hydrogen-bond donors (Lipinski definition) is 1. The van der Waals surface area contributed by atoms with Gasteiger partial charge in [-0.1, -0.05) is 19.3 Å². The Morgan fingerprint density at radius 1 is 1.00 bits per heavy atom. The van der Waals surface area contributed by atoms with E-state index >= 15 is 0 Å². The summed E-state index contributed by atoms with van der Waals surface area (Å²) in [4.78, 5) is 14.6. The molecule has 0 aromatic rings. The largest absolute Gasteiger partial charge is 0.351 e. The SMILES string of the molecule is O=C(CC1CCCCC1)N[C@H]1CS(=O)(=O)C[C@H]1N1CCCC1. The first kappa shape index (κ1) is 16.2. The minimum Gasteiger partial charge on any atom is -0.351 e. The fraction of sp³-hybridized carbons (Fsp3) is 0.938. The van der Waals surface area contributed by atoms with E-state index in [4.69, 9.17) is 0 Å².